The van der Waals surface area contributed by atoms with Crippen LogP contribution in [0.25, 0.3) is 0 Å². The standard InChI is InChI=1S/C13H24BrN3O/c1-5-10-12(14)11(17(6-2)16-10)9-13(3,15)7-8-18-4/h5-9,15H2,1-4H3. The molecule has 0 aliphatic heterocycles. The topological polar surface area (TPSA) is 53.1 Å². The van der Waals surface area contributed by atoms with Crippen molar-refractivity contribution in [2.75, 3.05) is 13.7 Å². The van der Waals surface area contributed by atoms with Gasteiger partial charge in [-0.2, -0.15) is 5.10 Å². The Morgan fingerprint density at radius 2 is 2.11 bits per heavy atom. The number of nitrogens with two attached hydrogens (primary N) is 1. The average molecular weight is 318 g/mol. The van der Waals surface area contributed by atoms with Gasteiger partial charge in [0, 0.05) is 32.2 Å². The number of halogens is 1. The molecule has 0 amide bonds. The largest absolute Gasteiger partial charge is 0.385 e. The molecule has 0 fully saturated rings. The number of hydrogen-bond donors (Lipinski definition) is 1. The van der Waals surface area contributed by atoms with Crippen LogP contribution in [0.5, 0.6) is 0 Å². The molecule has 0 spiro atoms. The van der Waals surface area contributed by atoms with Crippen LogP contribution in [0.3, 0.4) is 0 Å². The smallest absolute Gasteiger partial charge is 0.0766 e. The Kier molecular flexibility index (Phi) is 5.82. The van der Waals surface area contributed by atoms with Crippen LogP contribution in [-0.2, 0) is 24.1 Å². The van der Waals surface area contributed by atoms with Crippen molar-refractivity contribution in [2.24, 2.45) is 5.73 Å². The number of nitrogens with zero attached hydrogens (tertiary/aromatic N) is 2. The lowest BCUT2D eigenvalue weighted by Gasteiger charge is -2.24. The molecule has 1 aromatic heterocycles. The van der Waals surface area contributed by atoms with Gasteiger partial charge in [0.2, 0.25) is 0 Å². The maximum absolute atomic E-state index is 6.34. The third-order valence-electron chi connectivity index (χ3n) is 3.14. The normalized spacial score (nSPS) is 14.8. The Bertz CT molecular complexity index is 388. The van der Waals surface area contributed by atoms with Gasteiger partial charge in [-0.15, -0.1) is 0 Å². The van der Waals surface area contributed by atoms with E-state index in [1.54, 1.807) is 7.11 Å². The quantitative estimate of drug-likeness (QED) is 0.840. The summed E-state index contributed by atoms with van der Waals surface area (Å²) in [5, 5.41) is 4.59. The summed E-state index contributed by atoms with van der Waals surface area (Å²) in [5.74, 6) is 0. The SMILES string of the molecule is CCc1nn(CC)c(CC(C)(N)CCOC)c1Br. The predicted molar refractivity (Wildman–Crippen MR) is 77.8 cm³/mol. The van der Waals surface area contributed by atoms with E-state index in [9.17, 15) is 0 Å². The second-order valence-electron chi connectivity index (χ2n) is 4.95. The molecule has 0 aliphatic carbocycles. The van der Waals surface area contributed by atoms with E-state index in [1.165, 1.54) is 5.69 Å². The van der Waals surface area contributed by atoms with Gasteiger partial charge in [0.25, 0.3) is 0 Å². The van der Waals surface area contributed by atoms with Gasteiger partial charge in [-0.05, 0) is 42.6 Å². The molecule has 1 unspecified atom stereocenters. The van der Waals surface area contributed by atoms with Gasteiger partial charge in [0.15, 0.2) is 0 Å². The molecular weight excluding hydrogens is 294 g/mol. The lowest BCUT2D eigenvalue weighted by Crippen LogP contribution is -2.40. The van der Waals surface area contributed by atoms with Gasteiger partial charge < -0.3 is 10.5 Å². The Balaban J connectivity index is 2.91. The lowest BCUT2D eigenvalue weighted by molar-refractivity contribution is 0.171. The summed E-state index contributed by atoms with van der Waals surface area (Å²) in [6.07, 6.45) is 2.57. The molecule has 0 aliphatic rings. The first kappa shape index (κ1) is 15.7. The van der Waals surface area contributed by atoms with Gasteiger partial charge in [0.05, 0.1) is 15.9 Å². The molecule has 0 saturated carbocycles. The second kappa shape index (κ2) is 6.68. The Morgan fingerprint density at radius 1 is 1.44 bits per heavy atom. The van der Waals surface area contributed by atoms with Crippen LogP contribution in [0.15, 0.2) is 4.47 Å². The first-order chi connectivity index (χ1) is 8.45. The van der Waals surface area contributed by atoms with Crippen LogP contribution < -0.4 is 5.73 Å². The third kappa shape index (κ3) is 3.80. The summed E-state index contributed by atoms with van der Waals surface area (Å²) in [6, 6.07) is 0. The van der Waals surface area contributed by atoms with Gasteiger partial charge in [0.1, 0.15) is 0 Å². The van der Waals surface area contributed by atoms with Crippen LogP contribution in [0.2, 0.25) is 0 Å². The summed E-state index contributed by atoms with van der Waals surface area (Å²) in [7, 11) is 1.71. The first-order valence-corrected chi connectivity index (χ1v) is 7.26. The van der Waals surface area contributed by atoms with E-state index in [1.807, 2.05) is 4.68 Å². The van der Waals surface area contributed by atoms with Crippen LogP contribution in [0, 0.1) is 0 Å². The van der Waals surface area contributed by atoms with Crippen LogP contribution in [-0.4, -0.2) is 29.0 Å². The zero-order valence-electron chi connectivity index (χ0n) is 11.8. The van der Waals surface area contributed by atoms with Crippen molar-refractivity contribution in [1.29, 1.82) is 0 Å². The van der Waals surface area contributed by atoms with E-state index in [2.05, 4.69) is 41.8 Å². The minimum Gasteiger partial charge on any atom is -0.385 e. The molecule has 2 N–H and O–H groups in total. The summed E-state index contributed by atoms with van der Waals surface area (Å²) in [5.41, 5.74) is 8.36. The van der Waals surface area contributed by atoms with Crippen LogP contribution in [0.4, 0.5) is 0 Å². The van der Waals surface area contributed by atoms with Crippen LogP contribution in [0.1, 0.15) is 38.6 Å². The highest BCUT2D eigenvalue weighted by Gasteiger charge is 2.24. The maximum Gasteiger partial charge on any atom is 0.0766 e. The van der Waals surface area contributed by atoms with Gasteiger partial charge in [-0.1, -0.05) is 6.92 Å². The number of aromatic nitrogens is 2. The lowest BCUT2D eigenvalue weighted by atomic mass is 9.93. The van der Waals surface area contributed by atoms with E-state index in [-0.39, 0.29) is 5.54 Å². The first-order valence-electron chi connectivity index (χ1n) is 6.47. The van der Waals surface area contributed by atoms with E-state index < -0.39 is 0 Å². The Labute approximate surface area is 118 Å². The molecule has 1 rings (SSSR count). The molecular formula is C13H24BrN3O. The molecule has 0 saturated heterocycles. The van der Waals surface area contributed by atoms with Crippen molar-refractivity contribution >= 4 is 15.9 Å². The van der Waals surface area contributed by atoms with Gasteiger partial charge in [-0.3, -0.25) is 4.68 Å². The van der Waals surface area contributed by atoms with Crippen molar-refractivity contribution in [3.8, 4) is 0 Å². The molecule has 0 aromatic carbocycles. The molecule has 0 radical (unpaired) electrons. The van der Waals surface area contributed by atoms with Gasteiger partial charge in [-0.25, -0.2) is 0 Å². The molecule has 1 atom stereocenters. The summed E-state index contributed by atoms with van der Waals surface area (Å²) < 4.78 is 8.27. The molecule has 1 heterocycles. The van der Waals surface area contributed by atoms with Crippen molar-refractivity contribution < 1.29 is 4.74 Å². The number of ether oxygens (including phenoxy) is 1. The minimum absolute atomic E-state index is 0.267. The van der Waals surface area contributed by atoms with E-state index in [0.29, 0.717) is 6.61 Å². The Hall–Kier alpha value is -0.390. The Morgan fingerprint density at radius 3 is 2.61 bits per heavy atom. The van der Waals surface area contributed by atoms with Crippen molar-refractivity contribution in [3.05, 3.63) is 15.9 Å². The van der Waals surface area contributed by atoms with E-state index >= 15 is 0 Å². The molecule has 5 heteroatoms. The molecule has 0 bridgehead atoms. The van der Waals surface area contributed by atoms with E-state index in [0.717, 1.165) is 36.0 Å². The highest BCUT2D eigenvalue weighted by atomic mass is 79.9. The fourth-order valence-electron chi connectivity index (χ4n) is 1.99. The van der Waals surface area contributed by atoms with Crippen molar-refractivity contribution in [2.45, 2.75) is 52.1 Å². The maximum atomic E-state index is 6.34. The van der Waals surface area contributed by atoms with Gasteiger partial charge >= 0.3 is 0 Å². The second-order valence-corrected chi connectivity index (χ2v) is 5.74. The highest BCUT2D eigenvalue weighted by molar-refractivity contribution is 9.10. The van der Waals surface area contributed by atoms with E-state index in [4.69, 9.17) is 10.5 Å². The zero-order chi connectivity index (χ0) is 13.8. The fourth-order valence-corrected chi connectivity index (χ4v) is 2.70. The summed E-state index contributed by atoms with van der Waals surface area (Å²) in [4.78, 5) is 0. The molecule has 104 valence electrons. The fraction of sp³-hybridized carbons (Fsp3) is 0.769. The number of aryl methyl sites for hydroxylation is 2. The minimum atomic E-state index is -0.267. The van der Waals surface area contributed by atoms with Crippen molar-refractivity contribution in [1.82, 2.24) is 9.78 Å². The molecule has 4 nitrogen and oxygen atoms in total. The number of rotatable bonds is 7. The molecule has 18 heavy (non-hydrogen) atoms. The number of hydrogen-bond acceptors (Lipinski definition) is 3. The predicted octanol–water partition coefficient (Wildman–Crippen LogP) is 2.52. The zero-order valence-corrected chi connectivity index (χ0v) is 13.4. The monoisotopic (exact) mass is 317 g/mol. The highest BCUT2D eigenvalue weighted by Crippen LogP contribution is 2.26. The summed E-state index contributed by atoms with van der Waals surface area (Å²) in [6.45, 7) is 7.84. The average Bonchev–Trinajstić information content (AvgIpc) is 2.63. The number of methoxy groups -OCH3 is 1. The van der Waals surface area contributed by atoms with Crippen LogP contribution >= 0.6 is 15.9 Å². The third-order valence-corrected chi connectivity index (χ3v) is 4.06. The molecule has 1 aromatic rings. The van der Waals surface area contributed by atoms with Crippen molar-refractivity contribution in [3.63, 3.8) is 0 Å². The summed E-state index contributed by atoms with van der Waals surface area (Å²) >= 11 is 3.65.